The largest absolute Gasteiger partial charge is 0.416 e. The van der Waals surface area contributed by atoms with Crippen LogP contribution in [0.1, 0.15) is 31.9 Å². The molecule has 20 heavy (non-hydrogen) atoms. The lowest BCUT2D eigenvalue weighted by Gasteiger charge is -2.34. The maximum Gasteiger partial charge on any atom is 0.416 e. The fraction of sp³-hybridized carbons (Fsp3) is 0.600. The standard InChI is InChI=1S/C15H22F3NO/c1-5-19-13(14(2,3)20-4)10-11-6-8-12(9-7-11)15(16,17)18/h6-9,13,19H,5,10H2,1-4H3. The number of halogens is 3. The summed E-state index contributed by atoms with van der Waals surface area (Å²) in [6.07, 6.45) is -3.67. The number of rotatable bonds is 6. The van der Waals surface area contributed by atoms with Crippen LogP contribution >= 0.6 is 0 Å². The Morgan fingerprint density at radius 2 is 1.70 bits per heavy atom. The topological polar surface area (TPSA) is 21.3 Å². The Balaban J connectivity index is 2.84. The second kappa shape index (κ2) is 6.59. The summed E-state index contributed by atoms with van der Waals surface area (Å²) >= 11 is 0. The molecule has 0 radical (unpaired) electrons. The first-order valence-electron chi connectivity index (χ1n) is 6.65. The van der Waals surface area contributed by atoms with Crippen LogP contribution in [0.3, 0.4) is 0 Å². The molecule has 1 N–H and O–H groups in total. The van der Waals surface area contributed by atoms with Gasteiger partial charge in [-0.1, -0.05) is 19.1 Å². The van der Waals surface area contributed by atoms with Gasteiger partial charge in [0.15, 0.2) is 0 Å². The zero-order chi connectivity index (χ0) is 15.4. The molecule has 0 aliphatic carbocycles. The minimum atomic E-state index is -4.29. The number of alkyl halides is 3. The Morgan fingerprint density at radius 3 is 2.10 bits per heavy atom. The molecule has 5 heteroatoms. The van der Waals surface area contributed by atoms with E-state index in [-0.39, 0.29) is 6.04 Å². The Hall–Kier alpha value is -1.07. The van der Waals surface area contributed by atoms with Gasteiger partial charge < -0.3 is 10.1 Å². The van der Waals surface area contributed by atoms with E-state index in [9.17, 15) is 13.2 Å². The quantitative estimate of drug-likeness (QED) is 0.863. The molecule has 0 fully saturated rings. The van der Waals surface area contributed by atoms with Crippen molar-refractivity contribution < 1.29 is 17.9 Å². The molecule has 0 aliphatic rings. The third-order valence-corrected chi connectivity index (χ3v) is 3.54. The lowest BCUT2D eigenvalue weighted by atomic mass is 9.91. The number of nitrogens with one attached hydrogen (secondary N) is 1. The van der Waals surface area contributed by atoms with E-state index in [4.69, 9.17) is 4.74 Å². The fourth-order valence-electron chi connectivity index (χ4n) is 2.02. The van der Waals surface area contributed by atoms with E-state index < -0.39 is 17.3 Å². The number of hydrogen-bond donors (Lipinski definition) is 1. The summed E-state index contributed by atoms with van der Waals surface area (Å²) in [5, 5.41) is 3.32. The third-order valence-electron chi connectivity index (χ3n) is 3.54. The number of benzene rings is 1. The van der Waals surface area contributed by atoms with Crippen molar-refractivity contribution in [1.82, 2.24) is 5.32 Å². The molecule has 0 aliphatic heterocycles. The first kappa shape index (κ1) is 17.0. The first-order valence-corrected chi connectivity index (χ1v) is 6.65. The van der Waals surface area contributed by atoms with Gasteiger partial charge in [0.1, 0.15) is 0 Å². The van der Waals surface area contributed by atoms with E-state index in [0.717, 1.165) is 24.2 Å². The maximum atomic E-state index is 12.5. The van der Waals surface area contributed by atoms with Crippen LogP contribution in [0.15, 0.2) is 24.3 Å². The van der Waals surface area contributed by atoms with Gasteiger partial charge in [-0.25, -0.2) is 0 Å². The third kappa shape index (κ3) is 4.49. The zero-order valence-corrected chi connectivity index (χ0v) is 12.3. The van der Waals surface area contributed by atoms with E-state index in [0.29, 0.717) is 6.42 Å². The Kier molecular flexibility index (Phi) is 5.59. The summed E-state index contributed by atoms with van der Waals surface area (Å²) in [5.74, 6) is 0. The summed E-state index contributed by atoms with van der Waals surface area (Å²) in [4.78, 5) is 0. The van der Waals surface area contributed by atoms with Crippen molar-refractivity contribution >= 4 is 0 Å². The molecule has 2 nitrogen and oxygen atoms in total. The average molecular weight is 289 g/mol. The molecule has 1 aromatic rings. The van der Waals surface area contributed by atoms with Crippen LogP contribution < -0.4 is 5.32 Å². The Labute approximate surface area is 118 Å². The summed E-state index contributed by atoms with van der Waals surface area (Å²) in [6, 6.07) is 5.34. The van der Waals surface area contributed by atoms with Crippen LogP contribution in [-0.4, -0.2) is 25.3 Å². The van der Waals surface area contributed by atoms with Crippen LogP contribution in [0.5, 0.6) is 0 Å². The molecular weight excluding hydrogens is 267 g/mol. The Morgan fingerprint density at radius 1 is 1.15 bits per heavy atom. The highest BCUT2D eigenvalue weighted by atomic mass is 19.4. The van der Waals surface area contributed by atoms with Crippen molar-refractivity contribution in [3.63, 3.8) is 0 Å². The van der Waals surface area contributed by atoms with Crippen molar-refractivity contribution in [3.05, 3.63) is 35.4 Å². The number of likely N-dealkylation sites (N-methyl/N-ethyl adjacent to an activating group) is 1. The van der Waals surface area contributed by atoms with Gasteiger partial charge in [0.2, 0.25) is 0 Å². The van der Waals surface area contributed by atoms with Gasteiger partial charge >= 0.3 is 6.18 Å². The van der Waals surface area contributed by atoms with Crippen molar-refractivity contribution in [2.24, 2.45) is 0 Å². The summed E-state index contributed by atoms with van der Waals surface area (Å²) in [5.41, 5.74) is -0.153. The monoisotopic (exact) mass is 289 g/mol. The Bertz CT molecular complexity index is 412. The van der Waals surface area contributed by atoms with Gasteiger partial charge in [0, 0.05) is 13.2 Å². The second-order valence-electron chi connectivity index (χ2n) is 5.32. The fourth-order valence-corrected chi connectivity index (χ4v) is 2.02. The summed E-state index contributed by atoms with van der Waals surface area (Å²) < 4.78 is 43.0. The normalized spacial score (nSPS) is 14.3. The smallest absolute Gasteiger partial charge is 0.377 e. The molecule has 0 saturated carbocycles. The van der Waals surface area contributed by atoms with Crippen LogP contribution in [0, 0.1) is 0 Å². The zero-order valence-electron chi connectivity index (χ0n) is 12.3. The summed E-state index contributed by atoms with van der Waals surface area (Å²) in [6.45, 7) is 6.69. The van der Waals surface area contributed by atoms with Gasteiger partial charge in [-0.2, -0.15) is 13.2 Å². The van der Waals surface area contributed by atoms with Crippen LogP contribution in [0.4, 0.5) is 13.2 Å². The molecule has 0 amide bonds. The molecule has 0 heterocycles. The van der Waals surface area contributed by atoms with Crippen molar-refractivity contribution in [2.45, 2.75) is 45.0 Å². The first-order chi connectivity index (χ1) is 9.20. The van der Waals surface area contributed by atoms with Gasteiger partial charge in [-0.3, -0.25) is 0 Å². The minimum absolute atomic E-state index is 0.0363. The van der Waals surface area contributed by atoms with Gasteiger partial charge in [0.05, 0.1) is 11.2 Å². The van der Waals surface area contributed by atoms with Crippen LogP contribution in [0.25, 0.3) is 0 Å². The molecule has 1 atom stereocenters. The molecule has 1 aromatic carbocycles. The van der Waals surface area contributed by atoms with E-state index in [1.165, 1.54) is 12.1 Å². The van der Waals surface area contributed by atoms with Crippen LogP contribution in [0.2, 0.25) is 0 Å². The van der Waals surface area contributed by atoms with Gasteiger partial charge in [0.25, 0.3) is 0 Å². The molecule has 0 saturated heterocycles. The summed E-state index contributed by atoms with van der Waals surface area (Å²) in [7, 11) is 1.64. The van der Waals surface area contributed by atoms with Crippen molar-refractivity contribution in [1.29, 1.82) is 0 Å². The van der Waals surface area contributed by atoms with Gasteiger partial charge in [-0.05, 0) is 44.5 Å². The lowest BCUT2D eigenvalue weighted by molar-refractivity contribution is -0.137. The number of methoxy groups -OCH3 is 1. The average Bonchev–Trinajstić information content (AvgIpc) is 2.38. The van der Waals surface area contributed by atoms with Crippen molar-refractivity contribution in [2.75, 3.05) is 13.7 Å². The number of hydrogen-bond acceptors (Lipinski definition) is 2. The highest BCUT2D eigenvalue weighted by Gasteiger charge is 2.31. The second-order valence-corrected chi connectivity index (χ2v) is 5.32. The maximum absolute atomic E-state index is 12.5. The molecular formula is C15H22F3NO. The molecule has 0 spiro atoms. The molecule has 0 bridgehead atoms. The van der Waals surface area contributed by atoms with E-state index >= 15 is 0 Å². The van der Waals surface area contributed by atoms with E-state index in [1.807, 2.05) is 20.8 Å². The van der Waals surface area contributed by atoms with Crippen molar-refractivity contribution in [3.8, 4) is 0 Å². The SMILES string of the molecule is CCNC(Cc1ccc(C(F)(F)F)cc1)C(C)(C)OC. The molecule has 0 aromatic heterocycles. The van der Waals surface area contributed by atoms with E-state index in [2.05, 4.69) is 5.32 Å². The van der Waals surface area contributed by atoms with Crippen LogP contribution in [-0.2, 0) is 17.3 Å². The van der Waals surface area contributed by atoms with E-state index in [1.54, 1.807) is 7.11 Å². The van der Waals surface area contributed by atoms with Gasteiger partial charge in [-0.15, -0.1) is 0 Å². The highest BCUT2D eigenvalue weighted by molar-refractivity contribution is 5.25. The predicted molar refractivity (Wildman–Crippen MR) is 73.7 cm³/mol. The molecule has 1 rings (SSSR count). The highest BCUT2D eigenvalue weighted by Crippen LogP contribution is 2.29. The molecule has 1 unspecified atom stereocenters. The molecule has 114 valence electrons. The minimum Gasteiger partial charge on any atom is -0.377 e. The number of ether oxygens (including phenoxy) is 1. The predicted octanol–water partition coefficient (Wildman–Crippen LogP) is 3.65. The lowest BCUT2D eigenvalue weighted by Crippen LogP contribution is -2.49.